The van der Waals surface area contributed by atoms with Gasteiger partial charge in [0.15, 0.2) is 5.13 Å². The molecule has 1 atom stereocenters. The van der Waals surface area contributed by atoms with Crippen LogP contribution in [0.15, 0.2) is 40.3 Å². The Hall–Kier alpha value is -2.45. The number of furan rings is 1. The van der Waals surface area contributed by atoms with Gasteiger partial charge in [-0.3, -0.25) is 9.59 Å². The maximum Gasteiger partial charge on any atom is 0.231 e. The van der Waals surface area contributed by atoms with Crippen molar-refractivity contribution in [3.8, 4) is 10.6 Å². The van der Waals surface area contributed by atoms with Crippen molar-refractivity contribution in [3.05, 3.63) is 46.5 Å². The first kappa shape index (κ1) is 17.0. The van der Waals surface area contributed by atoms with Crippen LogP contribution in [-0.2, 0) is 16.1 Å². The fraction of sp³-hybridized carbons (Fsp3) is 0.278. The predicted molar refractivity (Wildman–Crippen MR) is 101 cm³/mol. The summed E-state index contributed by atoms with van der Waals surface area (Å²) in [7, 11) is 0. The Labute approximate surface area is 158 Å². The Bertz CT molecular complexity index is 929. The van der Waals surface area contributed by atoms with Gasteiger partial charge in [-0.05, 0) is 31.2 Å². The van der Waals surface area contributed by atoms with Crippen LogP contribution in [0.4, 0.5) is 5.13 Å². The third kappa shape index (κ3) is 3.56. The Morgan fingerprint density at radius 3 is 3.04 bits per heavy atom. The van der Waals surface area contributed by atoms with E-state index in [1.807, 2.05) is 17.5 Å². The van der Waals surface area contributed by atoms with Gasteiger partial charge in [0, 0.05) is 23.2 Å². The number of hydrogen-bond acceptors (Lipinski definition) is 6. The van der Waals surface area contributed by atoms with Crippen molar-refractivity contribution in [1.29, 1.82) is 0 Å². The summed E-state index contributed by atoms with van der Waals surface area (Å²) in [5.74, 6) is 0.156. The highest BCUT2D eigenvalue weighted by Gasteiger charge is 2.35. The highest BCUT2D eigenvalue weighted by molar-refractivity contribution is 7.17. The molecule has 1 aliphatic heterocycles. The number of rotatable bonds is 5. The molecule has 3 aromatic rings. The van der Waals surface area contributed by atoms with Gasteiger partial charge in [0.05, 0.1) is 29.3 Å². The molecule has 0 aliphatic carbocycles. The number of aryl methyl sites for hydroxylation is 1. The molecule has 0 unspecified atom stereocenters. The van der Waals surface area contributed by atoms with Crippen LogP contribution in [0.2, 0.25) is 0 Å². The number of thiazole rings is 1. The number of aromatic nitrogens is 1. The van der Waals surface area contributed by atoms with Crippen LogP contribution in [0.3, 0.4) is 0 Å². The van der Waals surface area contributed by atoms with Crippen molar-refractivity contribution in [2.45, 2.75) is 19.9 Å². The monoisotopic (exact) mass is 387 g/mol. The smallest absolute Gasteiger partial charge is 0.231 e. The molecule has 8 heteroatoms. The quantitative estimate of drug-likeness (QED) is 0.723. The molecule has 0 aromatic carbocycles. The van der Waals surface area contributed by atoms with E-state index in [1.165, 1.54) is 16.2 Å². The number of thiophene rings is 1. The van der Waals surface area contributed by atoms with E-state index in [9.17, 15) is 9.59 Å². The Balaban J connectivity index is 1.38. The lowest BCUT2D eigenvalue weighted by Gasteiger charge is -2.14. The average molecular weight is 387 g/mol. The molecule has 0 bridgehead atoms. The minimum absolute atomic E-state index is 0.0320. The lowest BCUT2D eigenvalue weighted by Crippen LogP contribution is -2.27. The average Bonchev–Trinajstić information content (AvgIpc) is 3.37. The normalized spacial score (nSPS) is 17.0. The molecule has 0 saturated carbocycles. The molecule has 0 spiro atoms. The first-order chi connectivity index (χ1) is 12.6. The summed E-state index contributed by atoms with van der Waals surface area (Å²) >= 11 is 3.07. The largest absolute Gasteiger partial charge is 0.467 e. The van der Waals surface area contributed by atoms with Gasteiger partial charge in [-0.2, -0.15) is 0 Å². The summed E-state index contributed by atoms with van der Waals surface area (Å²) in [6.45, 7) is 2.84. The van der Waals surface area contributed by atoms with Crippen molar-refractivity contribution >= 4 is 39.6 Å². The summed E-state index contributed by atoms with van der Waals surface area (Å²) in [4.78, 5) is 33.1. The summed E-state index contributed by atoms with van der Waals surface area (Å²) in [6, 6.07) is 7.69. The third-order valence-corrected chi connectivity index (χ3v) is 6.02. The first-order valence-corrected chi connectivity index (χ1v) is 9.91. The van der Waals surface area contributed by atoms with Crippen molar-refractivity contribution < 1.29 is 14.0 Å². The molecule has 4 rings (SSSR count). The van der Waals surface area contributed by atoms with E-state index in [0.717, 1.165) is 16.3 Å². The summed E-state index contributed by atoms with van der Waals surface area (Å²) < 4.78 is 5.28. The van der Waals surface area contributed by atoms with Crippen LogP contribution in [0.5, 0.6) is 0 Å². The summed E-state index contributed by atoms with van der Waals surface area (Å²) in [5, 5.41) is 5.35. The molecule has 26 heavy (non-hydrogen) atoms. The van der Waals surface area contributed by atoms with Crippen molar-refractivity contribution in [3.63, 3.8) is 0 Å². The van der Waals surface area contributed by atoms with Crippen molar-refractivity contribution in [2.24, 2.45) is 5.92 Å². The van der Waals surface area contributed by atoms with Gasteiger partial charge in [-0.1, -0.05) is 0 Å². The second kappa shape index (κ2) is 7.05. The van der Waals surface area contributed by atoms with E-state index in [2.05, 4.69) is 23.3 Å². The van der Waals surface area contributed by atoms with E-state index in [0.29, 0.717) is 18.2 Å². The van der Waals surface area contributed by atoms with Gasteiger partial charge in [-0.25, -0.2) is 4.98 Å². The topological polar surface area (TPSA) is 75.4 Å². The van der Waals surface area contributed by atoms with Gasteiger partial charge < -0.3 is 14.6 Å². The van der Waals surface area contributed by atoms with Crippen LogP contribution < -0.4 is 5.32 Å². The summed E-state index contributed by atoms with van der Waals surface area (Å²) in [6.07, 6.45) is 1.80. The molecular formula is C18H17N3O3S2. The number of nitrogens with zero attached hydrogens (tertiary/aromatic N) is 2. The maximum atomic E-state index is 12.5. The lowest BCUT2D eigenvalue weighted by atomic mass is 10.1. The zero-order valence-corrected chi connectivity index (χ0v) is 15.7. The predicted octanol–water partition coefficient (Wildman–Crippen LogP) is 3.76. The van der Waals surface area contributed by atoms with E-state index < -0.39 is 0 Å². The molecular weight excluding hydrogens is 370 g/mol. The molecule has 4 heterocycles. The third-order valence-electron chi connectivity index (χ3n) is 4.24. The van der Waals surface area contributed by atoms with E-state index in [4.69, 9.17) is 4.42 Å². The number of anilines is 1. The first-order valence-electron chi connectivity index (χ1n) is 8.22. The van der Waals surface area contributed by atoms with Crippen LogP contribution in [-0.4, -0.2) is 28.2 Å². The lowest BCUT2D eigenvalue weighted by molar-refractivity contribution is -0.128. The molecule has 1 saturated heterocycles. The number of nitrogens with one attached hydrogen (secondary N) is 1. The Kier molecular flexibility index (Phi) is 4.60. The summed E-state index contributed by atoms with van der Waals surface area (Å²) in [5.41, 5.74) is 0.866. The highest BCUT2D eigenvalue weighted by atomic mass is 32.1. The molecule has 1 fully saturated rings. The number of carbonyl (C=O) groups excluding carboxylic acids is 2. The van der Waals surface area contributed by atoms with Gasteiger partial charge in [-0.15, -0.1) is 22.7 Å². The van der Waals surface area contributed by atoms with Crippen LogP contribution in [0, 0.1) is 12.8 Å². The molecule has 3 aromatic heterocycles. The Morgan fingerprint density at radius 1 is 1.42 bits per heavy atom. The fourth-order valence-corrected chi connectivity index (χ4v) is 4.53. The van der Waals surface area contributed by atoms with Crippen LogP contribution in [0.1, 0.15) is 17.1 Å². The number of hydrogen-bond donors (Lipinski definition) is 1. The number of carbonyl (C=O) groups is 2. The molecule has 2 amide bonds. The molecule has 1 aliphatic rings. The minimum atomic E-state index is -0.367. The number of amides is 2. The Morgan fingerprint density at radius 2 is 2.31 bits per heavy atom. The molecule has 6 nitrogen and oxygen atoms in total. The number of likely N-dealkylation sites (tertiary alicyclic amines) is 1. The van der Waals surface area contributed by atoms with Crippen molar-refractivity contribution in [2.75, 3.05) is 11.9 Å². The standard InChI is InChI=1S/C18H17N3O3S2/c1-11-4-5-15(26-11)14-10-25-18(19-14)20-17(23)12-7-16(22)21(8-12)9-13-3-2-6-24-13/h2-6,10,12H,7-9H2,1H3,(H,19,20,23)/t12-/m1/s1. The van der Waals surface area contributed by atoms with Gasteiger partial charge in [0.2, 0.25) is 11.8 Å². The molecule has 1 N–H and O–H groups in total. The van der Waals surface area contributed by atoms with Gasteiger partial charge in [0.25, 0.3) is 0 Å². The van der Waals surface area contributed by atoms with Gasteiger partial charge in [0.1, 0.15) is 5.76 Å². The van der Waals surface area contributed by atoms with E-state index in [-0.39, 0.29) is 24.2 Å². The van der Waals surface area contributed by atoms with Crippen LogP contribution >= 0.6 is 22.7 Å². The SMILES string of the molecule is Cc1ccc(-c2csc(NC(=O)[C@@H]3CC(=O)N(Cc4ccco4)C3)n2)s1. The van der Waals surface area contributed by atoms with Gasteiger partial charge >= 0.3 is 0 Å². The zero-order chi connectivity index (χ0) is 18.1. The maximum absolute atomic E-state index is 12.5. The zero-order valence-electron chi connectivity index (χ0n) is 14.1. The molecule has 0 radical (unpaired) electrons. The van der Waals surface area contributed by atoms with E-state index >= 15 is 0 Å². The minimum Gasteiger partial charge on any atom is -0.467 e. The van der Waals surface area contributed by atoms with Crippen molar-refractivity contribution in [1.82, 2.24) is 9.88 Å². The highest BCUT2D eigenvalue weighted by Crippen LogP contribution is 2.31. The van der Waals surface area contributed by atoms with Crippen LogP contribution in [0.25, 0.3) is 10.6 Å². The van der Waals surface area contributed by atoms with E-state index in [1.54, 1.807) is 28.6 Å². The fourth-order valence-electron chi connectivity index (χ4n) is 2.92. The second-order valence-electron chi connectivity index (χ2n) is 6.19. The second-order valence-corrected chi connectivity index (χ2v) is 8.34. The molecule has 134 valence electrons.